The van der Waals surface area contributed by atoms with E-state index in [1.807, 2.05) is 0 Å². The van der Waals surface area contributed by atoms with E-state index in [-0.39, 0.29) is 5.41 Å². The molecule has 0 spiro atoms. The lowest BCUT2D eigenvalue weighted by atomic mass is 9.74. The fourth-order valence-electron chi connectivity index (χ4n) is 3.57. The molecule has 0 radical (unpaired) electrons. The molecule has 1 heteroatoms. The van der Waals surface area contributed by atoms with Gasteiger partial charge in [-0.05, 0) is 34.4 Å². The molecule has 0 saturated heterocycles. The molecule has 1 aliphatic rings. The van der Waals surface area contributed by atoms with Gasteiger partial charge in [0.25, 0.3) is 0 Å². The molecule has 0 aromatic heterocycles. The highest BCUT2D eigenvalue weighted by Gasteiger charge is 2.40. The van der Waals surface area contributed by atoms with Gasteiger partial charge in [0.15, 0.2) is 0 Å². The molecule has 2 atom stereocenters. The number of benzene rings is 2. The zero-order valence-electron chi connectivity index (χ0n) is 11.6. The Balaban J connectivity index is 2.33. The van der Waals surface area contributed by atoms with Crippen LogP contribution in [0.5, 0.6) is 0 Å². The van der Waals surface area contributed by atoms with Crippen molar-refractivity contribution in [2.75, 3.05) is 7.05 Å². The molecule has 0 saturated carbocycles. The quantitative estimate of drug-likeness (QED) is 0.784. The first-order valence-corrected chi connectivity index (χ1v) is 6.73. The van der Waals surface area contributed by atoms with Crippen LogP contribution in [-0.2, 0) is 0 Å². The molecular formula is C17H21N. The Labute approximate surface area is 109 Å². The first kappa shape index (κ1) is 11.7. The van der Waals surface area contributed by atoms with Crippen LogP contribution in [0.2, 0.25) is 0 Å². The first-order valence-electron chi connectivity index (χ1n) is 6.73. The summed E-state index contributed by atoms with van der Waals surface area (Å²) in [7, 11) is 2.08. The lowest BCUT2D eigenvalue weighted by Crippen LogP contribution is -2.28. The van der Waals surface area contributed by atoms with Gasteiger partial charge in [0.05, 0.1) is 0 Å². The Morgan fingerprint density at radius 3 is 2.11 bits per heavy atom. The van der Waals surface area contributed by atoms with Gasteiger partial charge >= 0.3 is 0 Å². The minimum absolute atomic E-state index is 0.265. The van der Waals surface area contributed by atoms with E-state index < -0.39 is 0 Å². The van der Waals surface area contributed by atoms with E-state index >= 15 is 0 Å². The van der Waals surface area contributed by atoms with Crippen LogP contribution in [0.25, 0.3) is 10.8 Å². The minimum Gasteiger partial charge on any atom is -0.312 e. The third-order valence-electron chi connectivity index (χ3n) is 4.22. The molecule has 0 heterocycles. The van der Waals surface area contributed by atoms with Crippen molar-refractivity contribution in [1.29, 1.82) is 0 Å². The van der Waals surface area contributed by atoms with Crippen LogP contribution >= 0.6 is 0 Å². The fourth-order valence-corrected chi connectivity index (χ4v) is 3.57. The Bertz CT molecular complexity index is 587. The summed E-state index contributed by atoms with van der Waals surface area (Å²) in [4.78, 5) is 0. The van der Waals surface area contributed by atoms with Gasteiger partial charge in [0.2, 0.25) is 0 Å². The van der Waals surface area contributed by atoms with Crippen LogP contribution in [0, 0.1) is 5.41 Å². The Morgan fingerprint density at radius 1 is 0.944 bits per heavy atom. The van der Waals surface area contributed by atoms with E-state index in [2.05, 4.69) is 69.5 Å². The lowest BCUT2D eigenvalue weighted by Gasteiger charge is -2.33. The molecule has 0 bridgehead atoms. The standard InChI is InChI=1S/C17H21N/c1-17(2,3)15-12-9-5-7-11-8-6-10-13(14(11)12)16(15)18-4/h5-10,15-16,18H,1-4H3. The van der Waals surface area contributed by atoms with Gasteiger partial charge in [-0.1, -0.05) is 57.2 Å². The predicted molar refractivity (Wildman–Crippen MR) is 77.9 cm³/mol. The van der Waals surface area contributed by atoms with E-state index in [0.717, 1.165) is 0 Å². The second kappa shape index (κ2) is 3.83. The summed E-state index contributed by atoms with van der Waals surface area (Å²) in [5.41, 5.74) is 3.24. The maximum Gasteiger partial charge on any atom is 0.0398 e. The molecule has 2 aromatic carbocycles. The van der Waals surface area contributed by atoms with Crippen LogP contribution < -0.4 is 5.32 Å². The number of hydrogen-bond acceptors (Lipinski definition) is 1. The lowest BCUT2D eigenvalue weighted by molar-refractivity contribution is 0.271. The van der Waals surface area contributed by atoms with Crippen molar-refractivity contribution in [3.63, 3.8) is 0 Å². The van der Waals surface area contributed by atoms with Crippen molar-refractivity contribution in [2.45, 2.75) is 32.7 Å². The molecule has 1 nitrogen and oxygen atoms in total. The summed E-state index contributed by atoms with van der Waals surface area (Å²) in [5, 5.41) is 6.37. The van der Waals surface area contributed by atoms with Crippen molar-refractivity contribution in [3.05, 3.63) is 47.5 Å². The van der Waals surface area contributed by atoms with Gasteiger partial charge in [0, 0.05) is 12.0 Å². The monoisotopic (exact) mass is 239 g/mol. The second-order valence-corrected chi connectivity index (χ2v) is 6.40. The number of nitrogens with one attached hydrogen (secondary N) is 1. The summed E-state index contributed by atoms with van der Waals surface area (Å²) in [6, 6.07) is 13.8. The highest BCUT2D eigenvalue weighted by Crippen LogP contribution is 2.52. The van der Waals surface area contributed by atoms with Crippen molar-refractivity contribution >= 4 is 10.8 Å². The summed E-state index contributed by atoms with van der Waals surface area (Å²) >= 11 is 0. The molecule has 2 unspecified atom stereocenters. The highest BCUT2D eigenvalue weighted by molar-refractivity contribution is 5.92. The number of likely N-dealkylation sites (N-methyl/N-ethyl adjacent to an activating group) is 1. The maximum absolute atomic E-state index is 3.53. The van der Waals surface area contributed by atoms with E-state index in [9.17, 15) is 0 Å². The van der Waals surface area contributed by atoms with Gasteiger partial charge < -0.3 is 5.32 Å². The second-order valence-electron chi connectivity index (χ2n) is 6.40. The molecule has 1 aliphatic carbocycles. The van der Waals surface area contributed by atoms with Gasteiger partial charge in [-0.25, -0.2) is 0 Å². The summed E-state index contributed by atoms with van der Waals surface area (Å²) < 4.78 is 0. The zero-order valence-corrected chi connectivity index (χ0v) is 11.6. The Kier molecular flexibility index (Phi) is 2.49. The van der Waals surface area contributed by atoms with Gasteiger partial charge in [-0.15, -0.1) is 0 Å². The fraction of sp³-hybridized carbons (Fsp3) is 0.412. The van der Waals surface area contributed by atoms with Crippen molar-refractivity contribution < 1.29 is 0 Å². The first-order chi connectivity index (χ1) is 8.54. The number of hydrogen-bond donors (Lipinski definition) is 1. The molecule has 0 fully saturated rings. The SMILES string of the molecule is CNC1c2cccc3cccc(c23)C1C(C)(C)C. The Morgan fingerprint density at radius 2 is 1.56 bits per heavy atom. The van der Waals surface area contributed by atoms with E-state index in [4.69, 9.17) is 0 Å². The minimum atomic E-state index is 0.265. The molecule has 2 aromatic rings. The molecule has 0 aliphatic heterocycles. The van der Waals surface area contributed by atoms with E-state index in [1.165, 1.54) is 21.9 Å². The molecule has 3 rings (SSSR count). The average molecular weight is 239 g/mol. The molecule has 18 heavy (non-hydrogen) atoms. The molecule has 1 N–H and O–H groups in total. The molecular weight excluding hydrogens is 218 g/mol. The maximum atomic E-state index is 3.53. The van der Waals surface area contributed by atoms with Crippen LogP contribution in [-0.4, -0.2) is 7.05 Å². The van der Waals surface area contributed by atoms with Crippen molar-refractivity contribution in [2.24, 2.45) is 5.41 Å². The summed E-state index contributed by atoms with van der Waals surface area (Å²) in [6.45, 7) is 7.02. The third-order valence-corrected chi connectivity index (χ3v) is 4.22. The highest BCUT2D eigenvalue weighted by atomic mass is 14.9. The third kappa shape index (κ3) is 1.50. The van der Waals surface area contributed by atoms with Crippen molar-refractivity contribution in [3.8, 4) is 0 Å². The predicted octanol–water partition coefficient (Wildman–Crippen LogP) is 4.24. The van der Waals surface area contributed by atoms with Crippen LogP contribution in [0.3, 0.4) is 0 Å². The topological polar surface area (TPSA) is 12.0 Å². The van der Waals surface area contributed by atoms with Crippen LogP contribution in [0.4, 0.5) is 0 Å². The molecule has 94 valence electrons. The van der Waals surface area contributed by atoms with Gasteiger partial charge in [-0.2, -0.15) is 0 Å². The summed E-state index contributed by atoms with van der Waals surface area (Å²) in [5.74, 6) is 0.545. The molecule has 0 amide bonds. The van der Waals surface area contributed by atoms with Gasteiger partial charge in [0.1, 0.15) is 0 Å². The summed E-state index contributed by atoms with van der Waals surface area (Å²) in [6.07, 6.45) is 0. The average Bonchev–Trinajstić information content (AvgIpc) is 2.66. The zero-order chi connectivity index (χ0) is 12.9. The van der Waals surface area contributed by atoms with Crippen molar-refractivity contribution in [1.82, 2.24) is 5.32 Å². The van der Waals surface area contributed by atoms with Crippen LogP contribution in [0.1, 0.15) is 43.9 Å². The van der Waals surface area contributed by atoms with E-state index in [1.54, 1.807) is 0 Å². The smallest absolute Gasteiger partial charge is 0.0398 e. The number of rotatable bonds is 1. The van der Waals surface area contributed by atoms with Gasteiger partial charge in [-0.3, -0.25) is 0 Å². The normalized spacial score (nSPS) is 22.7. The van der Waals surface area contributed by atoms with E-state index in [0.29, 0.717) is 12.0 Å². The largest absolute Gasteiger partial charge is 0.312 e. The van der Waals surface area contributed by atoms with Crippen LogP contribution in [0.15, 0.2) is 36.4 Å². The Hall–Kier alpha value is -1.34.